The quantitative estimate of drug-likeness (QED) is 0.238. The molecule has 0 unspecified atom stereocenters. The molecule has 5 rings (SSSR count). The SMILES string of the molecule is CC(=O)OCc1ncnc2c1ncn2[C@H]1C[C@H](OC(=O)c2ccc(C)cc2)[C@@H](COC(=O)c2ccc(C)cc2)O1. The fraction of sp³-hybridized carbons (Fsp3) is 0.310. The molecule has 11 heteroatoms. The number of benzene rings is 2. The predicted molar refractivity (Wildman–Crippen MR) is 141 cm³/mol. The summed E-state index contributed by atoms with van der Waals surface area (Å²) in [7, 11) is 0. The molecule has 206 valence electrons. The van der Waals surface area contributed by atoms with Gasteiger partial charge in [0, 0.05) is 13.3 Å². The van der Waals surface area contributed by atoms with Crippen LogP contribution in [0, 0.1) is 13.8 Å². The molecule has 40 heavy (non-hydrogen) atoms. The van der Waals surface area contributed by atoms with Crippen LogP contribution in [0.4, 0.5) is 0 Å². The molecule has 0 saturated carbocycles. The minimum absolute atomic E-state index is 0.0503. The Hall–Kier alpha value is -4.64. The van der Waals surface area contributed by atoms with E-state index in [2.05, 4.69) is 15.0 Å². The van der Waals surface area contributed by atoms with E-state index in [0.29, 0.717) is 28.0 Å². The number of nitrogens with zero attached hydrogens (tertiary/aromatic N) is 4. The number of hydrogen-bond donors (Lipinski definition) is 0. The van der Waals surface area contributed by atoms with Gasteiger partial charge in [0.05, 0.1) is 17.5 Å². The highest BCUT2D eigenvalue weighted by Gasteiger charge is 2.40. The first kappa shape index (κ1) is 26.9. The first-order valence-electron chi connectivity index (χ1n) is 12.7. The Bertz CT molecular complexity index is 1530. The van der Waals surface area contributed by atoms with Gasteiger partial charge in [0.1, 0.15) is 49.2 Å². The van der Waals surface area contributed by atoms with Crippen molar-refractivity contribution in [1.82, 2.24) is 19.5 Å². The van der Waals surface area contributed by atoms with Gasteiger partial charge in [-0.25, -0.2) is 24.5 Å². The summed E-state index contributed by atoms with van der Waals surface area (Å²) in [6.45, 7) is 4.99. The zero-order valence-corrected chi connectivity index (χ0v) is 22.3. The standard InChI is InChI=1S/C29H28N4O7/c1-17-4-8-20(9-5-17)28(35)38-14-24-23(40-29(36)21-10-6-18(2)7-11-21)12-25(39-24)33-16-32-26-22(13-37-19(3)34)30-15-31-27(26)33/h4-11,15-16,23-25H,12-14H2,1-3H3/t23-,24+,25+/m0/s1. The lowest BCUT2D eigenvalue weighted by atomic mass is 10.1. The van der Waals surface area contributed by atoms with E-state index in [9.17, 15) is 14.4 Å². The third-order valence-corrected chi connectivity index (χ3v) is 6.55. The molecule has 4 aromatic rings. The van der Waals surface area contributed by atoms with Crippen molar-refractivity contribution >= 4 is 29.1 Å². The maximum atomic E-state index is 13.0. The maximum absolute atomic E-state index is 13.0. The molecule has 1 aliphatic rings. The summed E-state index contributed by atoms with van der Waals surface area (Å²) in [4.78, 5) is 49.8. The van der Waals surface area contributed by atoms with Gasteiger partial charge in [-0.1, -0.05) is 35.4 Å². The smallest absolute Gasteiger partial charge is 0.338 e. The third kappa shape index (κ3) is 5.99. The normalized spacial score (nSPS) is 18.4. The van der Waals surface area contributed by atoms with Gasteiger partial charge in [0.25, 0.3) is 0 Å². The van der Waals surface area contributed by atoms with Gasteiger partial charge in [-0.3, -0.25) is 9.36 Å². The highest BCUT2D eigenvalue weighted by atomic mass is 16.6. The van der Waals surface area contributed by atoms with Crippen LogP contribution < -0.4 is 0 Å². The number of carbonyl (C=O) groups excluding carboxylic acids is 3. The summed E-state index contributed by atoms with van der Waals surface area (Å²) >= 11 is 0. The molecule has 1 saturated heterocycles. The van der Waals surface area contributed by atoms with Crippen molar-refractivity contribution in [3.63, 3.8) is 0 Å². The van der Waals surface area contributed by atoms with Crippen molar-refractivity contribution in [2.24, 2.45) is 0 Å². The summed E-state index contributed by atoms with van der Waals surface area (Å²) in [6.07, 6.45) is 1.07. The number of imidazole rings is 1. The van der Waals surface area contributed by atoms with Crippen molar-refractivity contribution in [3.8, 4) is 0 Å². The number of fused-ring (bicyclic) bond motifs is 1. The lowest BCUT2D eigenvalue weighted by Crippen LogP contribution is -2.32. The van der Waals surface area contributed by atoms with E-state index in [-0.39, 0.29) is 19.6 Å². The first-order chi connectivity index (χ1) is 19.3. The third-order valence-electron chi connectivity index (χ3n) is 6.55. The highest BCUT2D eigenvalue weighted by Crippen LogP contribution is 2.34. The van der Waals surface area contributed by atoms with Crippen LogP contribution in [0.2, 0.25) is 0 Å². The summed E-state index contributed by atoms with van der Waals surface area (Å²) in [5.74, 6) is -1.45. The number of hydrogen-bond acceptors (Lipinski definition) is 10. The van der Waals surface area contributed by atoms with E-state index in [4.69, 9.17) is 18.9 Å². The molecule has 1 fully saturated rings. The van der Waals surface area contributed by atoms with Gasteiger partial charge in [0.2, 0.25) is 0 Å². The minimum atomic E-state index is -0.742. The molecule has 3 heterocycles. The van der Waals surface area contributed by atoms with E-state index in [0.717, 1.165) is 11.1 Å². The topological polar surface area (TPSA) is 132 Å². The summed E-state index contributed by atoms with van der Waals surface area (Å²) < 4.78 is 24.4. The van der Waals surface area contributed by atoms with Crippen LogP contribution in [0.15, 0.2) is 61.2 Å². The molecule has 3 atom stereocenters. The average molecular weight is 545 g/mol. The first-order valence-corrected chi connectivity index (χ1v) is 12.7. The van der Waals surface area contributed by atoms with Crippen LogP contribution in [0.1, 0.15) is 57.1 Å². The lowest BCUT2D eigenvalue weighted by molar-refractivity contribution is -0.142. The number of carbonyl (C=O) groups is 3. The van der Waals surface area contributed by atoms with Gasteiger partial charge in [0.15, 0.2) is 5.65 Å². The van der Waals surface area contributed by atoms with Crippen LogP contribution >= 0.6 is 0 Å². The Labute approximate surface area is 230 Å². The van der Waals surface area contributed by atoms with Crippen molar-refractivity contribution in [2.45, 2.75) is 52.2 Å². The van der Waals surface area contributed by atoms with Crippen LogP contribution in [-0.4, -0.2) is 56.2 Å². The minimum Gasteiger partial charge on any atom is -0.459 e. The van der Waals surface area contributed by atoms with Gasteiger partial charge in [-0.2, -0.15) is 0 Å². The van der Waals surface area contributed by atoms with Gasteiger partial charge < -0.3 is 18.9 Å². The summed E-state index contributed by atoms with van der Waals surface area (Å²) in [5, 5.41) is 0. The molecule has 2 aromatic heterocycles. The Balaban J connectivity index is 1.36. The second-order valence-electron chi connectivity index (χ2n) is 9.56. The van der Waals surface area contributed by atoms with Crippen molar-refractivity contribution in [1.29, 1.82) is 0 Å². The van der Waals surface area contributed by atoms with E-state index in [1.807, 2.05) is 38.1 Å². The van der Waals surface area contributed by atoms with Crippen molar-refractivity contribution in [3.05, 3.63) is 89.1 Å². The van der Waals surface area contributed by atoms with Gasteiger partial charge in [-0.05, 0) is 38.1 Å². The van der Waals surface area contributed by atoms with E-state index >= 15 is 0 Å². The monoisotopic (exact) mass is 544 g/mol. The Morgan fingerprint density at radius 2 is 1.55 bits per heavy atom. The molecular weight excluding hydrogens is 516 g/mol. The molecule has 0 spiro atoms. The molecule has 0 aliphatic carbocycles. The zero-order chi connectivity index (χ0) is 28.2. The highest BCUT2D eigenvalue weighted by molar-refractivity contribution is 5.90. The van der Waals surface area contributed by atoms with Crippen molar-refractivity contribution < 1.29 is 33.3 Å². The zero-order valence-electron chi connectivity index (χ0n) is 22.3. The Morgan fingerprint density at radius 1 is 0.900 bits per heavy atom. The number of rotatable bonds is 8. The van der Waals surface area contributed by atoms with Gasteiger partial charge >= 0.3 is 17.9 Å². The van der Waals surface area contributed by atoms with E-state index < -0.39 is 36.3 Å². The fourth-order valence-electron chi connectivity index (χ4n) is 4.36. The average Bonchev–Trinajstić information content (AvgIpc) is 3.55. The number of esters is 3. The molecule has 11 nitrogen and oxygen atoms in total. The number of aryl methyl sites for hydroxylation is 2. The summed E-state index contributed by atoms with van der Waals surface area (Å²) in [5.41, 5.74) is 4.21. The number of aromatic nitrogens is 4. The maximum Gasteiger partial charge on any atom is 0.338 e. The number of ether oxygens (including phenoxy) is 4. The van der Waals surface area contributed by atoms with Crippen LogP contribution in [0.3, 0.4) is 0 Å². The molecule has 0 bridgehead atoms. The van der Waals surface area contributed by atoms with Gasteiger partial charge in [-0.15, -0.1) is 0 Å². The molecule has 0 N–H and O–H groups in total. The van der Waals surface area contributed by atoms with Crippen molar-refractivity contribution in [2.75, 3.05) is 6.61 Å². The molecule has 0 radical (unpaired) electrons. The Morgan fingerprint density at radius 3 is 2.20 bits per heavy atom. The predicted octanol–water partition coefficient (Wildman–Crippen LogP) is 3.88. The second-order valence-corrected chi connectivity index (χ2v) is 9.56. The fourth-order valence-corrected chi connectivity index (χ4v) is 4.36. The molecular formula is C29H28N4O7. The molecule has 1 aliphatic heterocycles. The van der Waals surface area contributed by atoms with Crippen LogP contribution in [0.5, 0.6) is 0 Å². The largest absolute Gasteiger partial charge is 0.459 e. The molecule has 2 aromatic carbocycles. The van der Waals surface area contributed by atoms with Crippen LogP contribution in [0.25, 0.3) is 11.2 Å². The summed E-state index contributed by atoms with van der Waals surface area (Å²) in [6, 6.07) is 14.1. The van der Waals surface area contributed by atoms with E-state index in [1.54, 1.807) is 35.2 Å². The Kier molecular flexibility index (Phi) is 7.83. The van der Waals surface area contributed by atoms with E-state index in [1.165, 1.54) is 13.3 Å². The molecule has 0 amide bonds. The second kappa shape index (κ2) is 11.6. The lowest BCUT2D eigenvalue weighted by Gasteiger charge is -2.19. The van der Waals surface area contributed by atoms with Crippen LogP contribution in [-0.2, 0) is 30.3 Å².